The average molecular weight is 1830 g/mol. The Balaban J connectivity index is 0.000000186. The molecule has 34 heteroatoms. The predicted octanol–water partition coefficient (Wildman–Crippen LogP) is 18.5. The lowest BCUT2D eigenvalue weighted by Gasteiger charge is -2.16. The molecule has 14 aromatic rings. The zero-order valence-electron chi connectivity index (χ0n) is 69.5. The van der Waals surface area contributed by atoms with Gasteiger partial charge in [-0.2, -0.15) is 26.3 Å². The minimum atomic E-state index is -2.03. The van der Waals surface area contributed by atoms with Gasteiger partial charge in [0, 0.05) is 88.6 Å². The third-order valence-electron chi connectivity index (χ3n) is 22.6. The number of ether oxygens (including phenoxy) is 3. The first-order chi connectivity index (χ1) is 63.9. The molecule has 22 nitrogen and oxygen atoms in total. The number of phenolic OH excluding ortho intramolecular Hbond substituents is 3. The average Bonchev–Trinajstić information content (AvgIpc) is 1.62. The Morgan fingerprint density at radius 2 is 0.564 bits per heavy atom. The Bertz CT molecular complexity index is 7420. The molecule has 18 rings (SSSR count). The van der Waals surface area contributed by atoms with Crippen LogP contribution in [0.25, 0.3) is 157 Å². The van der Waals surface area contributed by atoms with Gasteiger partial charge in [-0.1, -0.05) is 96.1 Å². The van der Waals surface area contributed by atoms with Crippen LogP contribution in [0.3, 0.4) is 0 Å². The molecule has 133 heavy (non-hydrogen) atoms. The van der Waals surface area contributed by atoms with Crippen LogP contribution in [0.15, 0.2) is 170 Å². The van der Waals surface area contributed by atoms with Crippen molar-refractivity contribution in [1.29, 1.82) is 0 Å². The van der Waals surface area contributed by atoms with Crippen molar-refractivity contribution in [2.45, 2.75) is 57.2 Å². The monoisotopic (exact) mass is 1830 g/mol. The zero-order chi connectivity index (χ0) is 94.0. The number of aromatic nitrogens is 8. The summed E-state index contributed by atoms with van der Waals surface area (Å²) in [6, 6.07) is 44.6. The molecule has 0 spiro atoms. The second kappa shape index (κ2) is 36.8. The number of hydrogen-bond acceptors (Lipinski definition) is 18. The van der Waals surface area contributed by atoms with Crippen LogP contribution >= 0.6 is 0 Å². The van der Waals surface area contributed by atoms with Crippen molar-refractivity contribution in [1.82, 2.24) is 39.9 Å². The number of aryl methyl sites for hydroxylation is 4. The molecular weight excluding hydrogens is 1750 g/mol. The van der Waals surface area contributed by atoms with Crippen LogP contribution in [-0.4, -0.2) is 154 Å². The van der Waals surface area contributed by atoms with Crippen molar-refractivity contribution in [3.63, 3.8) is 0 Å². The van der Waals surface area contributed by atoms with Gasteiger partial charge in [-0.05, 0) is 164 Å². The highest BCUT2D eigenvalue weighted by atomic mass is 19.2. The zero-order valence-corrected chi connectivity index (χ0v) is 69.5. The second-order valence-electron chi connectivity index (χ2n) is 31.6. The maximum absolute atomic E-state index is 16.6. The Hall–Kier alpha value is -14.9. The minimum Gasteiger partial charge on any atom is -0.508 e. The fourth-order valence-corrected chi connectivity index (χ4v) is 16.5. The van der Waals surface area contributed by atoms with Crippen molar-refractivity contribution in [3.8, 4) is 124 Å². The molecule has 15 N–H and O–H groups in total. The number of fused-ring (bicyclic) bond motifs is 16. The lowest BCUT2D eigenvalue weighted by Crippen LogP contribution is -2.22. The molecule has 678 valence electrons. The molecule has 0 fully saturated rings. The van der Waals surface area contributed by atoms with Crippen LogP contribution in [-0.2, 0) is 12.8 Å². The lowest BCUT2D eigenvalue weighted by molar-refractivity contribution is 0.0259. The number of rotatable bonds is 20. The van der Waals surface area contributed by atoms with Gasteiger partial charge >= 0.3 is 0 Å². The van der Waals surface area contributed by atoms with E-state index in [4.69, 9.17) is 29.2 Å². The summed E-state index contributed by atoms with van der Waals surface area (Å²) in [6.07, 6.45) is -2.71. The molecule has 0 amide bonds. The van der Waals surface area contributed by atoms with Crippen LogP contribution in [0.2, 0.25) is 0 Å². The molecule has 6 aromatic heterocycles. The first-order valence-corrected chi connectivity index (χ1v) is 41.1. The van der Waals surface area contributed by atoms with Gasteiger partial charge in [-0.25, -0.2) is 36.3 Å². The van der Waals surface area contributed by atoms with E-state index in [0.717, 1.165) is 11.1 Å². The van der Waals surface area contributed by atoms with Crippen LogP contribution in [0.1, 0.15) is 68.9 Å². The quantitative estimate of drug-likeness (QED) is 0.0249. The topological polar surface area (TPSA) is 365 Å². The Kier molecular flexibility index (Phi) is 24.9. The smallest absolute Gasteiger partial charge is 0.204 e. The first-order valence-electron chi connectivity index (χ1n) is 41.1. The first kappa shape index (κ1) is 90.1. The fourth-order valence-electron chi connectivity index (χ4n) is 16.5. The van der Waals surface area contributed by atoms with Gasteiger partial charge in [-0.15, -0.1) is 0 Å². The van der Waals surface area contributed by atoms with Crippen molar-refractivity contribution >= 4 is 68.4 Å². The standard InChI is InChI=1S/C51H38F8N4O7.C48H36F4N4O7/c1-22-4-2-5-23(16-22)36-28-8-12-32(60-28)38(40-42(52)46(56)50(47(57)43(40)53)69-20-26(67)18-64)34-14-10-30(62-34)37(24-6-3-7-25(66)17-24)31-11-15-35(63-31)39(33-13-9-29(36)61-33)41-44(54)48(58)51(49(59)45(41)55)70-21-27(68)19-65;1-22-5-2-6-23(17-22)37-33-15-13-31(54-33)35(24-7-3-9-26(58)18-24)29-11-12-30(53-29)36(25-8-4-10-27(59)19-25)32-14-16-34(55-32)38(45-47(62)46(61)44(37)56-45)39-40(49)42(51)48(43(52)41(39)50)63-21-28(60)20-57/h2-8,10-12,14-17,26-27,60,63-68H,9,13,18-21H2,1H3;2-19,28,46-47,54-55,57-62H,20-21H2,1H3/t;28?,46-,47+/m.0/s1. The lowest BCUT2D eigenvalue weighted by atomic mass is 9.96. The molecule has 8 aromatic carbocycles. The molecule has 4 aliphatic heterocycles. The van der Waals surface area contributed by atoms with Crippen molar-refractivity contribution in [3.05, 3.63) is 296 Å². The Morgan fingerprint density at radius 1 is 0.301 bits per heavy atom. The van der Waals surface area contributed by atoms with E-state index >= 15 is 52.7 Å². The molecule has 0 radical (unpaired) electrons. The number of aliphatic hydroxyl groups is 8. The predicted molar refractivity (Wildman–Crippen MR) is 470 cm³/mol. The van der Waals surface area contributed by atoms with Gasteiger partial charge in [0.25, 0.3) is 0 Å². The van der Waals surface area contributed by atoms with Crippen molar-refractivity contribution in [2.24, 2.45) is 0 Å². The summed E-state index contributed by atoms with van der Waals surface area (Å²) in [4.78, 5) is 32.0. The van der Waals surface area contributed by atoms with Crippen LogP contribution in [0, 0.1) is 83.7 Å². The molecular formula is C99H74F12N8O14. The third-order valence-corrected chi connectivity index (χ3v) is 22.6. The van der Waals surface area contributed by atoms with Crippen LogP contribution < -0.4 is 14.2 Å². The summed E-state index contributed by atoms with van der Waals surface area (Å²) in [5, 5.41) is 113. The molecule has 10 heterocycles. The second-order valence-corrected chi connectivity index (χ2v) is 31.6. The molecule has 4 aliphatic rings. The fraction of sp³-hybridized carbons (Fsp3) is 0.152. The van der Waals surface area contributed by atoms with Gasteiger partial charge in [0.05, 0.1) is 82.1 Å². The molecule has 0 saturated heterocycles. The highest BCUT2D eigenvalue weighted by molar-refractivity contribution is 6.01. The number of benzene rings is 8. The molecule has 16 bridgehead atoms. The van der Waals surface area contributed by atoms with E-state index in [1.54, 1.807) is 110 Å². The number of aromatic amines is 4. The largest absolute Gasteiger partial charge is 0.508 e. The van der Waals surface area contributed by atoms with E-state index < -0.39 is 196 Å². The number of aromatic hydroxyl groups is 3. The highest BCUT2D eigenvalue weighted by Crippen LogP contribution is 2.50. The molecule has 0 saturated carbocycles. The third kappa shape index (κ3) is 16.9. The van der Waals surface area contributed by atoms with E-state index in [-0.39, 0.29) is 108 Å². The van der Waals surface area contributed by atoms with Gasteiger partial charge < -0.3 is 90.3 Å². The highest BCUT2D eigenvalue weighted by Gasteiger charge is 2.40. The number of aliphatic hydroxyl groups excluding tert-OH is 8. The number of hydrogen-bond donors (Lipinski definition) is 15. The van der Waals surface area contributed by atoms with E-state index in [0.29, 0.717) is 61.4 Å². The molecule has 5 atom stereocenters. The summed E-state index contributed by atoms with van der Waals surface area (Å²) in [5.74, 6) is -28.0. The SMILES string of the molecule is Cc1cccc(-c2c3nc(c(-c4c(F)c(F)c(OCC(O)CO)c(F)c4F)c4ccc([nH]4)c(-c4cccc(O)c4)c4nc(c(-c5c(F)c(F)c(OCC(O)CO)c(F)c5F)c5ccc2[nH]5)C=C4)CC3)c1.Cc1cccc(-c2c3nc(c(-c4c(F)c(F)c(OCC(O)CO)c(F)c4F)c4ccc([nH]4)c(-c4cccc(O)c4)c4nc(c(-c5cccc(O)c5)c5ccc2[nH]5)C=C4)[C@@H](O)[C@H]3O)c1. The minimum absolute atomic E-state index is 0.00786. The van der Waals surface area contributed by atoms with E-state index in [2.05, 4.69) is 24.9 Å². The van der Waals surface area contributed by atoms with Gasteiger partial charge in [0.2, 0.25) is 34.9 Å². The van der Waals surface area contributed by atoms with Gasteiger partial charge in [0.15, 0.2) is 52.2 Å². The normalized spacial score (nSPS) is 14.2. The number of nitrogens with zero attached hydrogens (tertiary/aromatic N) is 4. The van der Waals surface area contributed by atoms with Crippen molar-refractivity contribution in [2.75, 3.05) is 39.6 Å². The number of H-pyrrole nitrogens is 4. The maximum Gasteiger partial charge on any atom is 0.204 e. The Labute approximate surface area is 744 Å². The molecule has 0 aliphatic carbocycles. The van der Waals surface area contributed by atoms with E-state index in [1.165, 1.54) is 84.9 Å². The summed E-state index contributed by atoms with van der Waals surface area (Å²) in [5.41, 5.74) is 1.30. The summed E-state index contributed by atoms with van der Waals surface area (Å²) in [7, 11) is 0. The van der Waals surface area contributed by atoms with Gasteiger partial charge in [-0.3, -0.25) is 9.97 Å². The number of nitrogens with one attached hydrogen (secondary N) is 4. The van der Waals surface area contributed by atoms with Gasteiger partial charge in [0.1, 0.15) is 67.6 Å². The number of halogens is 12. The maximum atomic E-state index is 16.6. The Morgan fingerprint density at radius 3 is 0.902 bits per heavy atom. The van der Waals surface area contributed by atoms with Crippen molar-refractivity contribution < 1.29 is 123 Å². The molecule has 3 unspecified atom stereocenters. The summed E-state index contributed by atoms with van der Waals surface area (Å²) in [6.45, 7) is -1.74. The van der Waals surface area contributed by atoms with Crippen LogP contribution in [0.5, 0.6) is 34.5 Å². The van der Waals surface area contributed by atoms with E-state index in [9.17, 15) is 56.2 Å². The van der Waals surface area contributed by atoms with Crippen LogP contribution in [0.4, 0.5) is 52.7 Å². The number of phenols is 3. The van der Waals surface area contributed by atoms with E-state index in [1.807, 2.05) is 13.0 Å². The summed E-state index contributed by atoms with van der Waals surface area (Å²) >= 11 is 0. The summed E-state index contributed by atoms with van der Waals surface area (Å²) < 4.78 is 210.